The van der Waals surface area contributed by atoms with Gasteiger partial charge in [0.25, 0.3) is 0 Å². The van der Waals surface area contributed by atoms with Crippen molar-refractivity contribution in [2.24, 2.45) is 11.7 Å². The fraction of sp³-hybridized carbons (Fsp3) is 0.364. The van der Waals surface area contributed by atoms with Gasteiger partial charge in [0.2, 0.25) is 11.8 Å². The number of nitrogens with one attached hydrogen (secondary N) is 1. The van der Waals surface area contributed by atoms with Crippen LogP contribution in [0.3, 0.4) is 0 Å². The number of hydrogen-bond donors (Lipinski definition) is 2. The maximum Gasteiger partial charge on any atom is 0.241 e. The molecule has 3 N–H and O–H groups in total. The van der Waals surface area contributed by atoms with Crippen molar-refractivity contribution in [1.82, 2.24) is 0 Å². The summed E-state index contributed by atoms with van der Waals surface area (Å²) in [5, 5.41) is 3.58. The van der Waals surface area contributed by atoms with Gasteiger partial charge >= 0.3 is 0 Å². The van der Waals surface area contributed by atoms with Gasteiger partial charge in [-0.25, -0.2) is 0 Å². The summed E-state index contributed by atoms with van der Waals surface area (Å²) in [4.78, 5) is 26.6. The van der Waals surface area contributed by atoms with Crippen LogP contribution in [0.5, 0.6) is 0 Å². The van der Waals surface area contributed by atoms with E-state index in [-0.39, 0.29) is 17.7 Å². The number of amides is 2. The summed E-state index contributed by atoms with van der Waals surface area (Å²) in [6.45, 7) is 4.48. The van der Waals surface area contributed by atoms with E-state index >= 15 is 0 Å². The van der Waals surface area contributed by atoms with E-state index in [0.29, 0.717) is 30.1 Å². The highest BCUT2D eigenvalue weighted by Gasteiger charge is 2.25. The number of rotatable bonds is 6. The Morgan fingerprint density at radius 1 is 1.21 bits per heavy atom. The number of aryl methyl sites for hydroxylation is 1. The molecular formula is C22H26ClN3O2. The molecule has 1 aliphatic rings. The Bertz CT molecular complexity index is 867. The molecule has 2 unspecified atom stereocenters. The molecule has 6 heteroatoms. The monoisotopic (exact) mass is 399 g/mol. The number of nitrogens with two attached hydrogens (primary N) is 1. The van der Waals surface area contributed by atoms with E-state index in [9.17, 15) is 9.59 Å². The van der Waals surface area contributed by atoms with E-state index in [1.165, 1.54) is 0 Å². The molecule has 28 heavy (non-hydrogen) atoms. The zero-order chi connectivity index (χ0) is 20.3. The summed E-state index contributed by atoms with van der Waals surface area (Å²) in [6.07, 6.45) is 1.96. The molecule has 0 fully saturated rings. The van der Waals surface area contributed by atoms with Gasteiger partial charge in [-0.15, -0.1) is 0 Å². The van der Waals surface area contributed by atoms with E-state index in [0.717, 1.165) is 23.2 Å². The molecule has 0 spiro atoms. The normalized spacial score (nSPS) is 15.7. The van der Waals surface area contributed by atoms with Crippen molar-refractivity contribution in [3.05, 3.63) is 58.6 Å². The summed E-state index contributed by atoms with van der Waals surface area (Å²) < 4.78 is 0. The predicted octanol–water partition coefficient (Wildman–Crippen LogP) is 4.13. The van der Waals surface area contributed by atoms with E-state index < -0.39 is 6.04 Å². The van der Waals surface area contributed by atoms with Gasteiger partial charge in [0, 0.05) is 22.8 Å². The van der Waals surface area contributed by atoms with Crippen molar-refractivity contribution in [3.8, 4) is 0 Å². The van der Waals surface area contributed by atoms with Crippen LogP contribution in [0.2, 0.25) is 5.02 Å². The van der Waals surface area contributed by atoms with E-state index in [2.05, 4.69) is 5.32 Å². The van der Waals surface area contributed by atoms with Crippen LogP contribution < -0.4 is 16.0 Å². The number of carbonyl (C=O) groups excluding carboxylic acids is 2. The molecule has 0 radical (unpaired) electrons. The standard InChI is InChI=1S/C22H26ClN3O2/c1-3-14(2)21(24)22(28)25-18-9-10-19-16(12-18)6-11-20(27)26(19)13-15-4-7-17(23)8-5-15/h4-5,7-10,12,14,21H,3,6,11,13,24H2,1-2H3,(H,25,28). The number of fused-ring (bicyclic) bond motifs is 1. The molecule has 0 aromatic heterocycles. The Morgan fingerprint density at radius 2 is 1.93 bits per heavy atom. The molecule has 0 aliphatic carbocycles. The fourth-order valence-electron chi connectivity index (χ4n) is 3.32. The molecule has 2 aromatic carbocycles. The van der Waals surface area contributed by atoms with Crippen molar-refractivity contribution in [3.63, 3.8) is 0 Å². The molecule has 2 amide bonds. The van der Waals surface area contributed by atoms with Crippen LogP contribution in [-0.2, 0) is 22.6 Å². The van der Waals surface area contributed by atoms with Gasteiger partial charge in [-0.2, -0.15) is 0 Å². The van der Waals surface area contributed by atoms with Crippen molar-refractivity contribution >= 4 is 34.8 Å². The van der Waals surface area contributed by atoms with Crippen molar-refractivity contribution < 1.29 is 9.59 Å². The number of halogens is 1. The quantitative estimate of drug-likeness (QED) is 0.766. The second-order valence-electron chi connectivity index (χ2n) is 7.35. The van der Waals surface area contributed by atoms with Gasteiger partial charge in [-0.05, 0) is 53.8 Å². The summed E-state index contributed by atoms with van der Waals surface area (Å²) in [7, 11) is 0. The maximum absolute atomic E-state index is 12.5. The van der Waals surface area contributed by atoms with Gasteiger partial charge in [0.1, 0.15) is 0 Å². The first-order valence-corrected chi connectivity index (χ1v) is 10.0. The van der Waals surface area contributed by atoms with E-state index in [1.54, 1.807) is 4.90 Å². The van der Waals surface area contributed by atoms with Gasteiger partial charge in [0.05, 0.1) is 12.6 Å². The third kappa shape index (κ3) is 4.54. The van der Waals surface area contributed by atoms with Crippen LogP contribution in [0, 0.1) is 5.92 Å². The maximum atomic E-state index is 12.5. The molecule has 2 aromatic rings. The minimum absolute atomic E-state index is 0.0954. The lowest BCUT2D eigenvalue weighted by Gasteiger charge is -2.30. The Balaban J connectivity index is 1.78. The molecule has 0 bridgehead atoms. The zero-order valence-corrected chi connectivity index (χ0v) is 17.0. The van der Waals surface area contributed by atoms with Crippen molar-refractivity contribution in [2.45, 2.75) is 45.7 Å². The zero-order valence-electron chi connectivity index (χ0n) is 16.2. The highest BCUT2D eigenvalue weighted by Crippen LogP contribution is 2.32. The van der Waals surface area contributed by atoms with Crippen LogP contribution in [0.1, 0.15) is 37.8 Å². The topological polar surface area (TPSA) is 75.4 Å². The highest BCUT2D eigenvalue weighted by atomic mass is 35.5. The minimum atomic E-state index is -0.538. The van der Waals surface area contributed by atoms with E-state index in [1.807, 2.05) is 56.3 Å². The van der Waals surface area contributed by atoms with Gasteiger partial charge < -0.3 is 16.0 Å². The predicted molar refractivity (Wildman–Crippen MR) is 113 cm³/mol. The lowest BCUT2D eigenvalue weighted by Crippen LogP contribution is -2.40. The number of anilines is 2. The Morgan fingerprint density at radius 3 is 2.61 bits per heavy atom. The van der Waals surface area contributed by atoms with Crippen molar-refractivity contribution in [1.29, 1.82) is 0 Å². The fourth-order valence-corrected chi connectivity index (χ4v) is 3.45. The smallest absolute Gasteiger partial charge is 0.241 e. The van der Waals surface area contributed by atoms with E-state index in [4.69, 9.17) is 17.3 Å². The largest absolute Gasteiger partial charge is 0.325 e. The molecular weight excluding hydrogens is 374 g/mol. The number of carbonyl (C=O) groups is 2. The molecule has 0 saturated heterocycles. The summed E-state index contributed by atoms with van der Waals surface area (Å²) in [5.41, 5.74) is 9.68. The molecule has 1 aliphatic heterocycles. The lowest BCUT2D eigenvalue weighted by atomic mass is 9.98. The molecule has 148 valence electrons. The average molecular weight is 400 g/mol. The highest BCUT2D eigenvalue weighted by molar-refractivity contribution is 6.30. The third-order valence-corrected chi connectivity index (χ3v) is 5.61. The third-order valence-electron chi connectivity index (χ3n) is 5.36. The number of nitrogens with zero attached hydrogens (tertiary/aromatic N) is 1. The summed E-state index contributed by atoms with van der Waals surface area (Å²) >= 11 is 5.95. The molecule has 2 atom stereocenters. The second kappa shape index (κ2) is 8.76. The van der Waals surface area contributed by atoms with Crippen LogP contribution in [0.25, 0.3) is 0 Å². The van der Waals surface area contributed by atoms with Crippen LogP contribution in [0.4, 0.5) is 11.4 Å². The molecule has 5 nitrogen and oxygen atoms in total. The van der Waals surface area contributed by atoms with Crippen molar-refractivity contribution in [2.75, 3.05) is 10.2 Å². The van der Waals surface area contributed by atoms with Crippen LogP contribution in [0.15, 0.2) is 42.5 Å². The second-order valence-corrected chi connectivity index (χ2v) is 7.79. The van der Waals surface area contributed by atoms with Gasteiger partial charge in [-0.1, -0.05) is 44.0 Å². The van der Waals surface area contributed by atoms with Gasteiger partial charge in [-0.3, -0.25) is 9.59 Å². The first kappa shape index (κ1) is 20.4. The molecule has 1 heterocycles. The Hall–Kier alpha value is -2.37. The van der Waals surface area contributed by atoms with Crippen LogP contribution in [-0.4, -0.2) is 17.9 Å². The first-order valence-electron chi connectivity index (χ1n) is 9.63. The van der Waals surface area contributed by atoms with Gasteiger partial charge in [0.15, 0.2) is 0 Å². The summed E-state index contributed by atoms with van der Waals surface area (Å²) in [6, 6.07) is 12.6. The molecule has 0 saturated carbocycles. The minimum Gasteiger partial charge on any atom is -0.325 e. The van der Waals surface area contributed by atoms with Crippen LogP contribution >= 0.6 is 11.6 Å². The molecule has 3 rings (SSSR count). The Kier molecular flexibility index (Phi) is 6.37. The lowest BCUT2D eigenvalue weighted by molar-refractivity contribution is -0.119. The summed E-state index contributed by atoms with van der Waals surface area (Å²) in [5.74, 6) is 0.0300. The number of hydrogen-bond acceptors (Lipinski definition) is 3. The average Bonchev–Trinajstić information content (AvgIpc) is 2.70. The first-order chi connectivity index (χ1) is 13.4. The Labute approximate surface area is 170 Å². The number of benzene rings is 2. The SMILES string of the molecule is CCC(C)C(N)C(=O)Nc1ccc2c(c1)CCC(=O)N2Cc1ccc(Cl)cc1.